The van der Waals surface area contributed by atoms with Gasteiger partial charge in [-0.05, 0) is 65.3 Å². The number of rotatable bonds is 10. The number of nitrogens with one attached hydrogen (secondary N) is 1. The van der Waals surface area contributed by atoms with Crippen LogP contribution in [0.5, 0.6) is 5.88 Å². The van der Waals surface area contributed by atoms with Crippen LogP contribution in [0.1, 0.15) is 46.7 Å². The molecule has 0 aliphatic rings. The maximum absolute atomic E-state index is 12.4. The van der Waals surface area contributed by atoms with E-state index in [1.54, 1.807) is 19.3 Å². The second-order valence-electron chi connectivity index (χ2n) is 9.98. The number of hydrogen-bond donors (Lipinski definition) is 2. The first-order chi connectivity index (χ1) is 20.7. The SMILES string of the molecule is C/C=C(/C=O)C(=NC(C)C)C(F)(F)F.CCC(C)(COc1cnc(-c2ccc(NC)cc2)cn1)C(=O)O.Cc1ccccn1. The fourth-order valence-corrected chi connectivity index (χ4v) is 3.17. The average molecular weight is 616 g/mol. The number of aliphatic imine (C=N–C) groups is 1. The van der Waals surface area contributed by atoms with Crippen molar-refractivity contribution >= 4 is 23.7 Å². The molecule has 9 nitrogen and oxygen atoms in total. The summed E-state index contributed by atoms with van der Waals surface area (Å²) in [6.07, 6.45) is 2.08. The van der Waals surface area contributed by atoms with Gasteiger partial charge in [0.1, 0.15) is 12.3 Å². The molecule has 2 N–H and O–H groups in total. The molecule has 0 aliphatic heterocycles. The topological polar surface area (TPSA) is 127 Å². The number of carbonyl (C=O) groups is 2. The van der Waals surface area contributed by atoms with Crippen LogP contribution in [0.2, 0.25) is 0 Å². The number of allylic oxidation sites excluding steroid dienone is 2. The number of carbonyl (C=O) groups excluding carboxylic acids is 1. The van der Waals surface area contributed by atoms with Crippen molar-refractivity contribution in [2.45, 2.75) is 60.2 Å². The molecule has 1 atom stereocenters. The Labute approximate surface area is 256 Å². The molecule has 0 saturated heterocycles. The fraction of sp³-hybridized carbons (Fsp3) is 0.375. The maximum Gasteiger partial charge on any atom is 0.433 e. The van der Waals surface area contributed by atoms with Crippen LogP contribution in [-0.4, -0.2) is 63.9 Å². The number of anilines is 1. The molecule has 0 bridgehead atoms. The molecule has 0 saturated carbocycles. The van der Waals surface area contributed by atoms with Gasteiger partial charge in [0.15, 0.2) is 6.29 Å². The number of nitrogens with zero attached hydrogens (tertiary/aromatic N) is 4. The first-order valence-corrected chi connectivity index (χ1v) is 13.8. The number of pyridine rings is 1. The van der Waals surface area contributed by atoms with Crippen molar-refractivity contribution in [1.29, 1.82) is 0 Å². The highest BCUT2D eigenvalue weighted by Crippen LogP contribution is 2.24. The number of hydrogen-bond acceptors (Lipinski definition) is 8. The number of aldehydes is 1. The predicted molar refractivity (Wildman–Crippen MR) is 166 cm³/mol. The van der Waals surface area contributed by atoms with E-state index in [1.807, 2.05) is 63.4 Å². The van der Waals surface area contributed by atoms with Crippen LogP contribution in [-0.2, 0) is 9.59 Å². The molecule has 0 spiro atoms. The van der Waals surface area contributed by atoms with Crippen LogP contribution in [0.3, 0.4) is 0 Å². The predicted octanol–water partition coefficient (Wildman–Crippen LogP) is 7.00. The van der Waals surface area contributed by atoms with Crippen LogP contribution in [0, 0.1) is 12.3 Å². The zero-order valence-electron chi connectivity index (χ0n) is 26.0. The number of carboxylic acids is 1. The Bertz CT molecular complexity index is 1360. The summed E-state index contributed by atoms with van der Waals surface area (Å²) in [6.45, 7) is 9.91. The van der Waals surface area contributed by atoms with Crippen molar-refractivity contribution in [3.63, 3.8) is 0 Å². The number of benzene rings is 1. The monoisotopic (exact) mass is 615 g/mol. The molecule has 2 heterocycles. The molecule has 3 rings (SSSR count). The Balaban J connectivity index is 0.000000388. The van der Waals surface area contributed by atoms with Crippen molar-refractivity contribution in [3.05, 3.63) is 78.4 Å². The van der Waals surface area contributed by atoms with E-state index in [0.717, 1.165) is 28.7 Å². The summed E-state index contributed by atoms with van der Waals surface area (Å²) in [5.41, 5.74) is 1.32. The Hall–Kier alpha value is -4.61. The summed E-state index contributed by atoms with van der Waals surface area (Å²) >= 11 is 0. The minimum Gasteiger partial charge on any atom is -0.481 e. The van der Waals surface area contributed by atoms with Gasteiger partial charge in [-0.2, -0.15) is 13.2 Å². The third-order valence-electron chi connectivity index (χ3n) is 6.11. The van der Waals surface area contributed by atoms with Crippen molar-refractivity contribution in [2.24, 2.45) is 10.4 Å². The molecule has 0 fully saturated rings. The minimum absolute atomic E-state index is 0.0593. The number of ether oxygens (including phenoxy) is 1. The zero-order valence-corrected chi connectivity index (χ0v) is 26.0. The lowest BCUT2D eigenvalue weighted by atomic mass is 9.89. The first kappa shape index (κ1) is 37.4. The number of alkyl halides is 3. The summed E-state index contributed by atoms with van der Waals surface area (Å²) in [4.78, 5) is 37.5. The molecule has 0 radical (unpaired) electrons. The average Bonchev–Trinajstić information content (AvgIpc) is 3.00. The van der Waals surface area contributed by atoms with Crippen LogP contribution in [0.15, 0.2) is 77.7 Å². The van der Waals surface area contributed by atoms with Crippen molar-refractivity contribution in [3.8, 4) is 17.1 Å². The van der Waals surface area contributed by atoms with E-state index in [2.05, 4.69) is 25.3 Å². The third kappa shape index (κ3) is 12.7. The van der Waals surface area contributed by atoms with E-state index in [9.17, 15) is 27.9 Å². The first-order valence-electron chi connectivity index (χ1n) is 13.8. The van der Waals surface area contributed by atoms with Gasteiger partial charge in [-0.15, -0.1) is 0 Å². The zero-order chi connectivity index (χ0) is 33.3. The molecule has 12 heteroatoms. The van der Waals surface area contributed by atoms with Crippen molar-refractivity contribution in [2.75, 3.05) is 19.0 Å². The standard InChI is InChI=1S/C17H21N3O3.C9H12F3NO.C6H7N/c1-4-17(2,16(21)22)11-23-15-10-19-14(9-20-15)12-5-7-13(18-3)8-6-12;1-4-7(5-14)8(9(10,11)12)13-6(2)3;1-6-4-2-3-5-7-6/h5-10,18H,4,11H2,1-3H3,(H,21,22);4-6H,1-3H3;2-5H,1H3/b;7-4-,13-8?;. The van der Waals surface area contributed by atoms with Gasteiger partial charge in [0.25, 0.3) is 0 Å². The molecule has 44 heavy (non-hydrogen) atoms. The largest absolute Gasteiger partial charge is 0.481 e. The van der Waals surface area contributed by atoms with E-state index < -0.39 is 34.9 Å². The van der Waals surface area contributed by atoms with Gasteiger partial charge in [-0.25, -0.2) is 9.97 Å². The van der Waals surface area contributed by atoms with Crippen molar-refractivity contribution in [1.82, 2.24) is 15.0 Å². The van der Waals surface area contributed by atoms with Crippen LogP contribution in [0.25, 0.3) is 11.3 Å². The highest BCUT2D eigenvalue weighted by Gasteiger charge is 2.37. The minimum atomic E-state index is -4.58. The number of halogens is 3. The van der Waals surface area contributed by atoms with Crippen LogP contribution < -0.4 is 10.1 Å². The normalized spacial score (nSPS) is 13.0. The fourth-order valence-electron chi connectivity index (χ4n) is 3.17. The number of aryl methyl sites for hydroxylation is 1. The highest BCUT2D eigenvalue weighted by molar-refractivity contribution is 6.17. The number of aliphatic carboxylic acids is 1. The van der Waals surface area contributed by atoms with E-state index in [1.165, 1.54) is 27.0 Å². The third-order valence-corrected chi connectivity index (χ3v) is 6.11. The van der Waals surface area contributed by atoms with E-state index in [0.29, 0.717) is 12.3 Å². The molecule has 2 aromatic heterocycles. The molecular weight excluding hydrogens is 575 g/mol. The molecular formula is C32H40F3N5O4. The lowest BCUT2D eigenvalue weighted by Crippen LogP contribution is -2.33. The van der Waals surface area contributed by atoms with Gasteiger partial charge in [0.2, 0.25) is 5.88 Å². The van der Waals surface area contributed by atoms with E-state index >= 15 is 0 Å². The lowest BCUT2D eigenvalue weighted by Gasteiger charge is -2.22. The number of carboxylic acid groups (broad SMARTS) is 1. The van der Waals surface area contributed by atoms with Crippen LogP contribution >= 0.6 is 0 Å². The highest BCUT2D eigenvalue weighted by atomic mass is 19.4. The maximum atomic E-state index is 12.4. The summed E-state index contributed by atoms with van der Waals surface area (Å²) < 4.78 is 42.6. The quantitative estimate of drug-likeness (QED) is 0.142. The van der Waals surface area contributed by atoms with Gasteiger partial charge >= 0.3 is 12.1 Å². The second kappa shape index (κ2) is 18.1. The Kier molecular flexibility index (Phi) is 15.4. The summed E-state index contributed by atoms with van der Waals surface area (Å²) in [6, 6.07) is 13.2. The Morgan fingerprint density at radius 1 is 1.09 bits per heavy atom. The van der Waals surface area contributed by atoms with E-state index in [4.69, 9.17) is 4.74 Å². The summed E-state index contributed by atoms with van der Waals surface area (Å²) in [5, 5.41) is 12.3. The Morgan fingerprint density at radius 3 is 2.11 bits per heavy atom. The molecule has 0 aliphatic carbocycles. The molecule has 238 valence electrons. The van der Waals surface area contributed by atoms with Crippen LogP contribution in [0.4, 0.5) is 18.9 Å². The molecule has 1 aromatic carbocycles. The van der Waals surface area contributed by atoms with Gasteiger partial charge in [-0.3, -0.25) is 19.6 Å². The summed E-state index contributed by atoms with van der Waals surface area (Å²) in [7, 11) is 1.86. The Morgan fingerprint density at radius 2 is 1.75 bits per heavy atom. The van der Waals surface area contributed by atoms with Crippen molar-refractivity contribution < 1.29 is 32.6 Å². The molecule has 3 aromatic rings. The molecule has 1 unspecified atom stereocenters. The molecule has 0 amide bonds. The van der Waals surface area contributed by atoms with Gasteiger partial charge in [0.05, 0.1) is 23.5 Å². The van der Waals surface area contributed by atoms with Gasteiger partial charge in [0, 0.05) is 41.8 Å². The van der Waals surface area contributed by atoms with Gasteiger partial charge < -0.3 is 15.2 Å². The number of aromatic nitrogens is 3. The smallest absolute Gasteiger partial charge is 0.433 e. The lowest BCUT2D eigenvalue weighted by molar-refractivity contribution is -0.150. The van der Waals surface area contributed by atoms with E-state index in [-0.39, 0.29) is 12.9 Å². The second-order valence-corrected chi connectivity index (χ2v) is 9.98. The summed E-state index contributed by atoms with van der Waals surface area (Å²) in [5.74, 6) is -0.560. The van der Waals surface area contributed by atoms with Gasteiger partial charge in [-0.1, -0.05) is 31.2 Å².